The van der Waals surface area contributed by atoms with Gasteiger partial charge in [-0.25, -0.2) is 9.18 Å². The van der Waals surface area contributed by atoms with E-state index >= 15 is 0 Å². The molecule has 3 aromatic rings. The summed E-state index contributed by atoms with van der Waals surface area (Å²) in [5.41, 5.74) is 0.971. The van der Waals surface area contributed by atoms with E-state index < -0.39 is 17.5 Å². The molecule has 0 saturated carbocycles. The molecule has 0 aliphatic carbocycles. The average Bonchev–Trinajstić information content (AvgIpc) is 3.08. The summed E-state index contributed by atoms with van der Waals surface area (Å²) in [6.45, 7) is 5.26. The lowest BCUT2D eigenvalue weighted by Gasteiger charge is -2.19. The van der Waals surface area contributed by atoms with Crippen LogP contribution in [0.2, 0.25) is 0 Å². The highest BCUT2D eigenvalue weighted by molar-refractivity contribution is 6.00. The number of carbonyl (C=O) groups is 2. The molecule has 3 rings (SSSR count). The lowest BCUT2D eigenvalue weighted by Crippen LogP contribution is -2.26. The number of ether oxygens (including phenoxy) is 1. The van der Waals surface area contributed by atoms with Crippen LogP contribution in [-0.2, 0) is 4.74 Å². The number of aromatic nitrogens is 1. The maximum atomic E-state index is 13.7. The van der Waals surface area contributed by atoms with Crippen molar-refractivity contribution in [1.82, 2.24) is 4.57 Å². The molecule has 0 spiro atoms. The Labute approximate surface area is 137 Å². The highest BCUT2D eigenvalue weighted by atomic mass is 19.1. The molecule has 0 radical (unpaired) electrons. The first-order valence-corrected chi connectivity index (χ1v) is 7.36. The Hall–Kier alpha value is -2.89. The standard InChI is InChI=1S/C18H16FNO4/c1-18(2,3)24-17(22)20-8-15(11-6-13(9-21)23-10-11)14-5-4-12(19)7-16(14)20/h4-10H,1-3H3. The van der Waals surface area contributed by atoms with Gasteiger partial charge in [-0.15, -0.1) is 0 Å². The van der Waals surface area contributed by atoms with Crippen LogP contribution in [0.15, 0.2) is 41.1 Å². The van der Waals surface area contributed by atoms with Gasteiger partial charge in [0.1, 0.15) is 11.4 Å². The second kappa shape index (κ2) is 5.63. The molecule has 124 valence electrons. The fourth-order valence-electron chi connectivity index (χ4n) is 2.45. The third-order valence-corrected chi connectivity index (χ3v) is 3.40. The maximum absolute atomic E-state index is 13.7. The molecular formula is C18H16FNO4. The van der Waals surface area contributed by atoms with Crippen molar-refractivity contribution in [1.29, 1.82) is 0 Å². The van der Waals surface area contributed by atoms with Crippen LogP contribution in [0, 0.1) is 5.82 Å². The van der Waals surface area contributed by atoms with Crippen molar-refractivity contribution in [2.45, 2.75) is 26.4 Å². The Bertz CT molecular complexity index is 930. The number of halogens is 1. The molecule has 0 bridgehead atoms. The van der Waals surface area contributed by atoms with Crippen molar-refractivity contribution in [2.75, 3.05) is 0 Å². The summed E-state index contributed by atoms with van der Waals surface area (Å²) in [6, 6.07) is 5.72. The van der Waals surface area contributed by atoms with Gasteiger partial charge in [-0.3, -0.25) is 9.36 Å². The van der Waals surface area contributed by atoms with E-state index in [9.17, 15) is 14.0 Å². The number of carbonyl (C=O) groups excluding carboxylic acids is 2. The van der Waals surface area contributed by atoms with Gasteiger partial charge in [-0.1, -0.05) is 0 Å². The molecule has 0 N–H and O–H groups in total. The first-order valence-electron chi connectivity index (χ1n) is 7.36. The number of hydrogen-bond donors (Lipinski definition) is 0. The summed E-state index contributed by atoms with van der Waals surface area (Å²) in [5.74, 6) is -0.289. The summed E-state index contributed by atoms with van der Waals surface area (Å²) in [7, 11) is 0. The Morgan fingerprint density at radius 3 is 2.67 bits per heavy atom. The lowest BCUT2D eigenvalue weighted by atomic mass is 10.1. The van der Waals surface area contributed by atoms with Crippen LogP contribution >= 0.6 is 0 Å². The van der Waals surface area contributed by atoms with E-state index in [1.807, 2.05) is 0 Å². The van der Waals surface area contributed by atoms with E-state index in [1.165, 1.54) is 23.0 Å². The summed E-state index contributed by atoms with van der Waals surface area (Å²) < 4.78 is 25.4. The van der Waals surface area contributed by atoms with Gasteiger partial charge in [0.15, 0.2) is 12.0 Å². The van der Waals surface area contributed by atoms with E-state index in [-0.39, 0.29) is 5.76 Å². The van der Waals surface area contributed by atoms with Crippen molar-refractivity contribution >= 4 is 23.3 Å². The quantitative estimate of drug-likeness (QED) is 0.643. The molecule has 2 heterocycles. The first kappa shape index (κ1) is 16.0. The molecule has 1 aromatic carbocycles. The second-order valence-corrected chi connectivity index (χ2v) is 6.41. The molecular weight excluding hydrogens is 313 g/mol. The Morgan fingerprint density at radius 1 is 1.29 bits per heavy atom. The lowest BCUT2D eigenvalue weighted by molar-refractivity contribution is 0.0544. The van der Waals surface area contributed by atoms with Crippen LogP contribution in [0.25, 0.3) is 22.0 Å². The summed E-state index contributed by atoms with van der Waals surface area (Å²) in [5, 5.41) is 0.653. The Balaban J connectivity index is 2.17. The van der Waals surface area contributed by atoms with Crippen LogP contribution in [0.1, 0.15) is 31.3 Å². The predicted molar refractivity (Wildman–Crippen MR) is 86.6 cm³/mol. The van der Waals surface area contributed by atoms with Crippen LogP contribution in [0.5, 0.6) is 0 Å². The Kier molecular flexibility index (Phi) is 3.75. The summed E-state index contributed by atoms with van der Waals surface area (Å²) in [6.07, 6.45) is 2.96. The zero-order valence-electron chi connectivity index (χ0n) is 13.5. The molecule has 0 amide bonds. The third kappa shape index (κ3) is 2.95. The van der Waals surface area contributed by atoms with Crippen molar-refractivity contribution < 1.29 is 23.1 Å². The topological polar surface area (TPSA) is 61.4 Å². The van der Waals surface area contributed by atoms with Crippen LogP contribution in [0.4, 0.5) is 9.18 Å². The van der Waals surface area contributed by atoms with E-state index in [0.717, 1.165) is 0 Å². The van der Waals surface area contributed by atoms with Crippen molar-refractivity contribution in [3.63, 3.8) is 0 Å². The van der Waals surface area contributed by atoms with E-state index in [1.54, 1.807) is 39.1 Å². The van der Waals surface area contributed by atoms with Gasteiger partial charge >= 0.3 is 6.09 Å². The average molecular weight is 329 g/mol. The fourth-order valence-corrected chi connectivity index (χ4v) is 2.45. The number of furan rings is 1. The van der Waals surface area contributed by atoms with Crippen molar-refractivity contribution in [3.8, 4) is 11.1 Å². The maximum Gasteiger partial charge on any atom is 0.419 e. The highest BCUT2D eigenvalue weighted by Gasteiger charge is 2.22. The first-order chi connectivity index (χ1) is 11.3. The number of benzene rings is 1. The predicted octanol–water partition coefficient (Wildman–Crippen LogP) is 4.64. The van der Waals surface area contributed by atoms with Gasteiger partial charge in [-0.05, 0) is 45.0 Å². The molecule has 0 saturated heterocycles. The number of rotatable bonds is 2. The SMILES string of the molecule is CC(C)(C)OC(=O)n1cc(-c2coc(C=O)c2)c2ccc(F)cc21. The smallest absolute Gasteiger partial charge is 0.419 e. The molecule has 6 heteroatoms. The van der Waals surface area contributed by atoms with Gasteiger partial charge in [-0.2, -0.15) is 0 Å². The Morgan fingerprint density at radius 2 is 2.04 bits per heavy atom. The zero-order chi connectivity index (χ0) is 17.5. The molecule has 0 aliphatic heterocycles. The molecule has 24 heavy (non-hydrogen) atoms. The van der Waals surface area contributed by atoms with Gasteiger partial charge in [0.05, 0.1) is 11.8 Å². The van der Waals surface area contributed by atoms with Gasteiger partial charge in [0, 0.05) is 22.7 Å². The second-order valence-electron chi connectivity index (χ2n) is 6.41. The minimum atomic E-state index is -0.679. The fraction of sp³-hybridized carbons (Fsp3) is 0.222. The van der Waals surface area contributed by atoms with Crippen LogP contribution in [0.3, 0.4) is 0 Å². The normalized spacial score (nSPS) is 11.7. The molecule has 5 nitrogen and oxygen atoms in total. The van der Waals surface area contributed by atoms with Gasteiger partial charge < -0.3 is 9.15 Å². The van der Waals surface area contributed by atoms with E-state index in [2.05, 4.69) is 0 Å². The molecule has 0 unspecified atom stereocenters. The summed E-state index contributed by atoms with van der Waals surface area (Å²) >= 11 is 0. The number of aldehydes is 1. The summed E-state index contributed by atoms with van der Waals surface area (Å²) in [4.78, 5) is 23.2. The third-order valence-electron chi connectivity index (χ3n) is 3.40. The highest BCUT2D eigenvalue weighted by Crippen LogP contribution is 2.32. The van der Waals surface area contributed by atoms with E-state index in [0.29, 0.717) is 28.3 Å². The van der Waals surface area contributed by atoms with Crippen molar-refractivity contribution in [2.24, 2.45) is 0 Å². The van der Waals surface area contributed by atoms with Crippen LogP contribution < -0.4 is 0 Å². The van der Waals surface area contributed by atoms with E-state index in [4.69, 9.17) is 9.15 Å². The largest absolute Gasteiger partial charge is 0.461 e. The minimum Gasteiger partial charge on any atom is -0.461 e. The molecule has 0 fully saturated rings. The minimum absolute atomic E-state index is 0.172. The number of hydrogen-bond acceptors (Lipinski definition) is 4. The van der Waals surface area contributed by atoms with Crippen LogP contribution in [-0.4, -0.2) is 22.5 Å². The number of nitrogens with zero attached hydrogens (tertiary/aromatic N) is 1. The molecule has 0 atom stereocenters. The van der Waals surface area contributed by atoms with Crippen molar-refractivity contribution in [3.05, 3.63) is 48.3 Å². The molecule has 2 aromatic heterocycles. The van der Waals surface area contributed by atoms with Gasteiger partial charge in [0.25, 0.3) is 0 Å². The molecule has 0 aliphatic rings. The monoisotopic (exact) mass is 329 g/mol. The number of fused-ring (bicyclic) bond motifs is 1. The zero-order valence-corrected chi connectivity index (χ0v) is 13.5. The van der Waals surface area contributed by atoms with Gasteiger partial charge in [0.2, 0.25) is 0 Å².